The van der Waals surface area contributed by atoms with E-state index in [2.05, 4.69) is 106 Å². The topological polar surface area (TPSA) is 148 Å². The number of nitrogens with two attached hydrogens (primary N) is 1. The summed E-state index contributed by atoms with van der Waals surface area (Å²) in [7, 11) is 0. The van der Waals surface area contributed by atoms with Crippen LogP contribution in [0.3, 0.4) is 0 Å². The molecule has 4 aromatic rings. The maximum absolute atomic E-state index is 14.6. The van der Waals surface area contributed by atoms with Gasteiger partial charge in [-0.25, -0.2) is 0 Å². The third-order valence-corrected chi connectivity index (χ3v) is 30.9. The summed E-state index contributed by atoms with van der Waals surface area (Å²) in [6.07, 6.45) is 41.2. The van der Waals surface area contributed by atoms with Gasteiger partial charge in [0.15, 0.2) is 23.1 Å². The van der Waals surface area contributed by atoms with Crippen LogP contribution in [0.5, 0.6) is 0 Å². The summed E-state index contributed by atoms with van der Waals surface area (Å²) >= 11 is 0. The van der Waals surface area contributed by atoms with Crippen LogP contribution in [0.1, 0.15) is 285 Å². The molecule has 2 N–H and O–H groups in total. The maximum atomic E-state index is 14.6. The zero-order chi connectivity index (χ0) is 73.9. The molecule has 2 atom stereocenters. The number of benzene rings is 2. The van der Waals surface area contributed by atoms with E-state index in [1.165, 1.54) is 128 Å². The number of amides is 1. The molecular weight excluding hydrogens is 1310 g/mol. The van der Waals surface area contributed by atoms with Crippen LogP contribution in [-0.2, 0) is 19.2 Å². The van der Waals surface area contributed by atoms with E-state index in [0.717, 1.165) is 222 Å². The molecule has 14 fully saturated rings. The molecule has 0 spiro atoms. The van der Waals surface area contributed by atoms with Gasteiger partial charge in [0.05, 0.1) is 0 Å². The molecule has 4 heterocycles. The smallest absolute Gasteiger partial charge is 0.223 e. The number of fused-ring (bicyclic) bond motifs is 2. The minimum absolute atomic E-state index is 0.136. The summed E-state index contributed by atoms with van der Waals surface area (Å²) in [5.74, 6) is 10.7. The second kappa shape index (κ2) is 31.5. The molecule has 2 aromatic carbocycles. The largest absolute Gasteiger partial charge is 0.341 e. The predicted octanol–water partition coefficient (Wildman–Crippen LogP) is 19.6. The molecule has 12 saturated carbocycles. The average molecular weight is 1440 g/mol. The van der Waals surface area contributed by atoms with E-state index >= 15 is 0 Å². The normalized spacial score (nSPS) is 31.8. The van der Waals surface area contributed by atoms with E-state index in [-0.39, 0.29) is 29.2 Å². The Hall–Kier alpha value is -5.82. The van der Waals surface area contributed by atoms with Crippen molar-refractivity contribution in [2.24, 2.45) is 87.1 Å². The van der Waals surface area contributed by atoms with Crippen molar-refractivity contribution >= 4 is 57.1 Å². The van der Waals surface area contributed by atoms with E-state index in [4.69, 9.17) is 5.73 Å². The summed E-state index contributed by atoms with van der Waals surface area (Å²) in [5.41, 5.74) is 19.0. The van der Waals surface area contributed by atoms with Gasteiger partial charge in [-0.15, -0.1) is 0 Å². The molecule has 572 valence electrons. The second-order valence-electron chi connectivity index (χ2n) is 38.6. The quantitative estimate of drug-likeness (QED) is 0.0535. The minimum atomic E-state index is 0.136. The molecule has 2 aromatic heterocycles. The number of aldehydes is 1. The summed E-state index contributed by atoms with van der Waals surface area (Å²) in [6, 6.07) is 17.4. The number of hydrogen-bond acceptors (Lipinski definition) is 9. The fraction of sp³-hybridized carbons (Fsp3) is 0.681. The highest BCUT2D eigenvalue weighted by Gasteiger charge is 2.54. The number of Topliss-reactive ketones (excluding diaryl/α,β-unsaturated/α-hetero) is 4. The number of allylic oxidation sites excluding steroid dienone is 8. The van der Waals surface area contributed by atoms with Gasteiger partial charge < -0.3 is 34.4 Å². The lowest BCUT2D eigenvalue weighted by atomic mass is 9.48. The second-order valence-corrected chi connectivity index (χ2v) is 38.6. The van der Waals surface area contributed by atoms with Gasteiger partial charge in [-0.1, -0.05) is 59.7 Å². The third-order valence-electron chi connectivity index (χ3n) is 30.9. The zero-order valence-corrected chi connectivity index (χ0v) is 66.4. The number of nitrogens with zero attached hydrogens (tertiary/aromatic N) is 5. The van der Waals surface area contributed by atoms with E-state index in [1.54, 1.807) is 0 Å². The number of rotatable bonds is 24. The van der Waals surface area contributed by atoms with Crippen LogP contribution < -0.4 is 5.73 Å². The average Bonchev–Trinajstić information content (AvgIpc) is 1.17. The maximum Gasteiger partial charge on any atom is 0.223 e. The Balaban J connectivity index is 0.000000159. The van der Waals surface area contributed by atoms with Gasteiger partial charge in [-0.3, -0.25) is 24.0 Å². The third kappa shape index (κ3) is 15.8. The number of likely N-dealkylation sites (tertiary alicyclic amines) is 2. The van der Waals surface area contributed by atoms with Crippen LogP contribution in [-0.4, -0.2) is 118 Å². The van der Waals surface area contributed by atoms with E-state index in [9.17, 15) is 28.8 Å². The first-order chi connectivity index (χ1) is 51.0. The predicted molar refractivity (Wildman–Crippen MR) is 428 cm³/mol. The van der Waals surface area contributed by atoms with Crippen molar-refractivity contribution in [2.75, 3.05) is 58.9 Å². The monoisotopic (exact) mass is 1440 g/mol. The van der Waals surface area contributed by atoms with Gasteiger partial charge in [0, 0.05) is 128 Å². The highest BCUT2D eigenvalue weighted by Crippen LogP contribution is 2.64. The highest BCUT2D eigenvalue weighted by atomic mass is 16.2. The van der Waals surface area contributed by atoms with Crippen LogP contribution in [0.4, 0.5) is 0 Å². The number of piperidine rings is 2. The summed E-state index contributed by atoms with van der Waals surface area (Å²) < 4.78 is 4.86. The molecule has 14 aliphatic carbocycles. The number of hydrogen-bond donors (Lipinski definition) is 1. The molecule has 0 radical (unpaired) electrons. The molecule has 0 unspecified atom stereocenters. The van der Waals surface area contributed by atoms with Gasteiger partial charge in [-0.05, 0) is 358 Å². The summed E-state index contributed by atoms with van der Waals surface area (Å²) in [4.78, 5) is 85.8. The highest BCUT2D eigenvalue weighted by molar-refractivity contribution is 6.11. The van der Waals surface area contributed by atoms with Crippen LogP contribution in [0.25, 0.3) is 21.8 Å². The van der Waals surface area contributed by atoms with Crippen molar-refractivity contribution in [3.8, 4) is 0 Å². The summed E-state index contributed by atoms with van der Waals surface area (Å²) in [5, 5.41) is 2.08. The fourth-order valence-corrected chi connectivity index (χ4v) is 27.3. The van der Waals surface area contributed by atoms with Crippen LogP contribution in [0.2, 0.25) is 0 Å². The van der Waals surface area contributed by atoms with Crippen molar-refractivity contribution in [1.82, 2.24) is 23.8 Å². The Morgan fingerprint density at radius 1 is 0.509 bits per heavy atom. The Bertz CT molecular complexity index is 4000. The SMILES string of the molecule is CC1=CC(C)=C(CCC(=O)c2c(C)n([C@@H](C)C3CCN(CCN(CCC45CC6CC(CC(C6)C4)C5)C(=O)CC45CC6CC(CC(C6)C4)C5)CC3)c3ccccc23)C(=O)C1.CC1=CC(C)=C(CCC(=O)c2c(C)n([C@@H](C)C3CCN(CCN)CC3)c3ccccc23)C(=O)C1.O=CCC12CC3CC(CC(C3)C1)C2. The van der Waals surface area contributed by atoms with Crippen LogP contribution >= 0.6 is 0 Å². The molecule has 12 nitrogen and oxygen atoms in total. The Morgan fingerprint density at radius 3 is 1.25 bits per heavy atom. The van der Waals surface area contributed by atoms with Crippen LogP contribution in [0.15, 0.2) is 94.1 Å². The first-order valence-electron chi connectivity index (χ1n) is 42.9. The van der Waals surface area contributed by atoms with Crippen molar-refractivity contribution in [3.05, 3.63) is 117 Å². The molecule has 106 heavy (non-hydrogen) atoms. The Labute approximate surface area is 635 Å². The molecule has 2 saturated heterocycles. The fourth-order valence-electron chi connectivity index (χ4n) is 27.3. The lowest BCUT2D eigenvalue weighted by Crippen LogP contribution is -2.50. The molecule has 12 bridgehead atoms. The number of aromatic nitrogens is 2. The van der Waals surface area contributed by atoms with Gasteiger partial charge in [0.2, 0.25) is 5.91 Å². The standard InChI is InChI=1S/C53H73N3O3.C29H39N3O2.C12H18O/c1-34-19-35(2)45(49(58)20-34)9-10-48(57)51-37(4)56(47-8-6-5-7-46(47)51)36(3)44-11-14-54(15-12-44)17-18-55(16-13-52-27-38-21-39(28-52)23-40(22-38)29-52)50(59)33-53-30-41-24-42(31-53)26-43(25-41)32-53;1-19-17-20(2)24(28(34)18-19)9-10-27(33)29-22(4)32(26-8-6-5-7-25(26)29)21(3)23-11-14-31(15-12-23)16-13-30;13-2-1-12-6-9-3-10(7-12)5-11(4-9)8-12/h5-8,19,36,38-44H,9-18,20-33H2,1-4H3;5-8,17,21,23H,9-16,18,30H2,1-4H3;2,9-11H,1,3-8H2/t36-,38?,39?,40?,41?,42?,43?,52?,53?;21-;/m00./s1. The Morgan fingerprint density at radius 2 is 0.877 bits per heavy atom. The van der Waals surface area contributed by atoms with Gasteiger partial charge >= 0.3 is 0 Å². The lowest BCUT2D eigenvalue weighted by Gasteiger charge is -2.57. The number of carbonyl (C=O) groups excluding carboxylic acids is 6. The van der Waals surface area contributed by atoms with Gasteiger partial charge in [-0.2, -0.15) is 0 Å². The van der Waals surface area contributed by atoms with Crippen molar-refractivity contribution in [1.29, 1.82) is 0 Å². The lowest BCUT2D eigenvalue weighted by molar-refractivity contribution is -0.141. The number of ketones is 4. The number of para-hydroxylation sites is 2. The molecular formula is C94H130N6O6. The minimum Gasteiger partial charge on any atom is -0.341 e. The molecule has 1 amide bonds. The van der Waals surface area contributed by atoms with E-state index in [0.29, 0.717) is 85.1 Å². The summed E-state index contributed by atoms with van der Waals surface area (Å²) in [6.45, 7) is 25.8. The van der Waals surface area contributed by atoms with E-state index < -0.39 is 0 Å². The first-order valence-corrected chi connectivity index (χ1v) is 42.9. The molecule has 20 rings (SSSR count). The molecule has 2 aliphatic heterocycles. The van der Waals surface area contributed by atoms with Crippen molar-refractivity contribution < 1.29 is 28.8 Å². The van der Waals surface area contributed by atoms with Gasteiger partial charge in [0.1, 0.15) is 6.29 Å². The zero-order valence-electron chi connectivity index (χ0n) is 66.4. The van der Waals surface area contributed by atoms with Crippen LogP contribution in [0, 0.1) is 95.2 Å². The number of carbonyl (C=O) groups is 6. The van der Waals surface area contributed by atoms with E-state index in [1.807, 2.05) is 33.8 Å². The van der Waals surface area contributed by atoms with Crippen molar-refractivity contribution in [2.45, 2.75) is 267 Å². The van der Waals surface area contributed by atoms with Crippen molar-refractivity contribution in [3.63, 3.8) is 0 Å². The first kappa shape index (κ1) is 75.6. The van der Waals surface area contributed by atoms with Gasteiger partial charge in [0.25, 0.3) is 0 Å². The molecule has 12 heteroatoms. The molecule has 16 aliphatic rings. The Kier molecular flexibility index (Phi) is 22.5.